The molecule has 0 radical (unpaired) electrons. The summed E-state index contributed by atoms with van der Waals surface area (Å²) < 4.78 is 8.27. The van der Waals surface area contributed by atoms with E-state index in [0.717, 1.165) is 34.1 Å². The van der Waals surface area contributed by atoms with Crippen LogP contribution in [0.1, 0.15) is 36.4 Å². The summed E-state index contributed by atoms with van der Waals surface area (Å²) in [5.74, 6) is 1.21. The molecule has 0 saturated carbocycles. The van der Waals surface area contributed by atoms with E-state index in [-0.39, 0.29) is 26.5 Å². The van der Waals surface area contributed by atoms with Gasteiger partial charge in [0.1, 0.15) is 0 Å². The molecule has 254 valence electrons. The zero-order valence-corrected chi connectivity index (χ0v) is 31.1. The van der Waals surface area contributed by atoms with E-state index in [2.05, 4.69) is 151 Å². The fourth-order valence-electron chi connectivity index (χ4n) is 7.61. The van der Waals surface area contributed by atoms with Gasteiger partial charge in [-0.2, -0.15) is 17.2 Å². The summed E-state index contributed by atoms with van der Waals surface area (Å²) >= 11 is 0. The summed E-state index contributed by atoms with van der Waals surface area (Å²) in [5.41, 5.74) is 14.5. The van der Waals surface area contributed by atoms with Crippen LogP contribution in [-0.2, 0) is 26.5 Å². The number of rotatable bonds is 6. The van der Waals surface area contributed by atoms with Gasteiger partial charge in [0, 0.05) is 71.9 Å². The molecule has 0 spiro atoms. The van der Waals surface area contributed by atoms with Crippen LogP contribution < -0.4 is 14.5 Å². The second kappa shape index (κ2) is 12.7. The van der Waals surface area contributed by atoms with E-state index in [1.54, 1.807) is 0 Å². The van der Waals surface area contributed by atoms with Gasteiger partial charge in [-0.15, -0.1) is 48.8 Å². The second-order valence-corrected chi connectivity index (χ2v) is 13.5. The molecule has 6 heteroatoms. The summed E-state index contributed by atoms with van der Waals surface area (Å²) in [5, 5.41) is 4.62. The first-order chi connectivity index (χ1) is 24.4. The van der Waals surface area contributed by atoms with Gasteiger partial charge in [-0.1, -0.05) is 92.7 Å². The van der Waals surface area contributed by atoms with E-state index in [0.29, 0.717) is 11.5 Å². The van der Waals surface area contributed by atoms with Gasteiger partial charge in [0.2, 0.25) is 0 Å². The maximum absolute atomic E-state index is 6.38. The van der Waals surface area contributed by atoms with Crippen LogP contribution >= 0.6 is 0 Å². The van der Waals surface area contributed by atoms with Crippen LogP contribution in [0.3, 0.4) is 0 Å². The van der Waals surface area contributed by atoms with Gasteiger partial charge in [-0.3, -0.25) is 4.68 Å². The van der Waals surface area contributed by atoms with Gasteiger partial charge in [0.15, 0.2) is 0 Å². The molecule has 0 atom stereocenters. The molecule has 51 heavy (non-hydrogen) atoms. The molecule has 6 aromatic carbocycles. The quantitative estimate of drug-likeness (QED) is 0.156. The van der Waals surface area contributed by atoms with Crippen LogP contribution in [0.2, 0.25) is 0 Å². The summed E-state index contributed by atoms with van der Waals surface area (Å²) in [6.45, 7) is 10.9. The third kappa shape index (κ3) is 5.48. The number of hydrogen-bond donors (Lipinski definition) is 0. The Bertz CT molecular complexity index is 2410. The molecule has 1 aromatic heterocycles. The van der Waals surface area contributed by atoms with Crippen molar-refractivity contribution in [3.05, 3.63) is 175 Å². The van der Waals surface area contributed by atoms with E-state index in [1.807, 2.05) is 48.9 Å². The van der Waals surface area contributed by atoms with Crippen LogP contribution in [0.4, 0.5) is 22.7 Å². The molecule has 0 saturated heterocycles. The van der Waals surface area contributed by atoms with Crippen molar-refractivity contribution in [2.45, 2.75) is 33.1 Å². The first kappa shape index (κ1) is 32.8. The predicted molar refractivity (Wildman–Crippen MR) is 202 cm³/mol. The van der Waals surface area contributed by atoms with Crippen molar-refractivity contribution in [1.29, 1.82) is 0 Å². The largest absolute Gasteiger partial charge is 0.509 e. The van der Waals surface area contributed by atoms with Crippen LogP contribution in [-0.4, -0.2) is 9.78 Å². The number of nitrogens with zero attached hydrogens (tertiary/aromatic N) is 4. The summed E-state index contributed by atoms with van der Waals surface area (Å²) in [6, 6.07) is 53.6. The van der Waals surface area contributed by atoms with Crippen molar-refractivity contribution in [2.24, 2.45) is 0 Å². The average Bonchev–Trinajstić information content (AvgIpc) is 3.77. The van der Waals surface area contributed by atoms with Gasteiger partial charge in [0.05, 0.1) is 5.69 Å². The molecule has 1 aliphatic carbocycles. The predicted octanol–water partition coefficient (Wildman–Crippen LogP) is 11.3. The minimum Gasteiger partial charge on any atom is -0.509 e. The molecule has 5 nitrogen and oxygen atoms in total. The van der Waals surface area contributed by atoms with Crippen molar-refractivity contribution in [2.75, 3.05) is 9.80 Å². The monoisotopic (exact) mass is 842 g/mol. The van der Waals surface area contributed by atoms with E-state index >= 15 is 0 Å². The van der Waals surface area contributed by atoms with E-state index in [9.17, 15) is 0 Å². The third-order valence-corrected chi connectivity index (χ3v) is 9.90. The van der Waals surface area contributed by atoms with Crippen LogP contribution in [0, 0.1) is 32.6 Å². The molecular formula is C45H35N4OPt-3. The number of fused-ring (bicyclic) bond motifs is 4. The molecular weight excluding hydrogens is 808 g/mol. The van der Waals surface area contributed by atoms with Crippen LogP contribution in [0.15, 0.2) is 133 Å². The Labute approximate surface area is 314 Å². The van der Waals surface area contributed by atoms with E-state index in [1.165, 1.54) is 39.1 Å². The number of benzene rings is 6. The normalized spacial score (nSPS) is 13.7. The maximum Gasteiger partial charge on any atom is 0.0600 e. The van der Waals surface area contributed by atoms with Gasteiger partial charge in [0.25, 0.3) is 0 Å². The Balaban J connectivity index is 0.00000374. The molecule has 9 rings (SSSR count). The molecule has 0 N–H and O–H groups in total. The molecule has 1 aliphatic heterocycles. The van der Waals surface area contributed by atoms with Crippen molar-refractivity contribution in [3.63, 3.8) is 0 Å². The minimum absolute atomic E-state index is 0. The fraction of sp³-hybridized carbons (Fsp3) is 0.111. The Morgan fingerprint density at radius 2 is 1.27 bits per heavy atom. The summed E-state index contributed by atoms with van der Waals surface area (Å²) in [6.07, 6.45) is 0. The Morgan fingerprint density at radius 1 is 0.627 bits per heavy atom. The smallest absolute Gasteiger partial charge is 0.0600 e. The molecule has 0 unspecified atom stereocenters. The van der Waals surface area contributed by atoms with Gasteiger partial charge >= 0.3 is 0 Å². The zero-order chi connectivity index (χ0) is 34.0. The number of aromatic nitrogens is 2. The standard InChI is InChI=1S/C45H35N4O.Pt/c1-30-26-31(2)49(46-30)34-17-13-19-36(28-34)50-35-18-12-16-33(27-35)47-29-48(42-23-11-10-22-41(42)47)44-37(32-14-6-5-7-15-32)24-25-40-43(44)38-20-8-9-21-39(38)45(40,3)4;/h5-26,29H,1-4H3;/q-3;. The molecule has 0 amide bonds. The van der Waals surface area contributed by atoms with E-state index in [4.69, 9.17) is 4.74 Å². The molecule has 2 aliphatic rings. The summed E-state index contributed by atoms with van der Waals surface area (Å²) in [4.78, 5) is 4.57. The van der Waals surface area contributed by atoms with Crippen molar-refractivity contribution >= 4 is 22.7 Å². The van der Waals surface area contributed by atoms with Gasteiger partial charge in [-0.25, -0.2) is 0 Å². The number of hydrogen-bond acceptors (Lipinski definition) is 4. The maximum atomic E-state index is 6.38. The number of anilines is 4. The van der Waals surface area contributed by atoms with Crippen LogP contribution in [0.25, 0.3) is 27.9 Å². The third-order valence-electron chi connectivity index (χ3n) is 9.90. The van der Waals surface area contributed by atoms with Crippen LogP contribution in [0.5, 0.6) is 11.5 Å². The summed E-state index contributed by atoms with van der Waals surface area (Å²) in [7, 11) is 0. The van der Waals surface area contributed by atoms with Crippen molar-refractivity contribution in [3.8, 4) is 39.4 Å². The molecule has 0 bridgehead atoms. The first-order valence-corrected chi connectivity index (χ1v) is 17.0. The first-order valence-electron chi connectivity index (χ1n) is 17.0. The number of aryl methyl sites for hydroxylation is 2. The number of para-hydroxylation sites is 2. The van der Waals surface area contributed by atoms with Gasteiger partial charge in [-0.05, 0) is 60.0 Å². The Morgan fingerprint density at radius 3 is 2.00 bits per heavy atom. The molecule has 7 aromatic rings. The molecule has 2 heterocycles. The SMILES string of the molecule is Cc1cc(C)n(-c2[c-]c(Oc3[c-]c(N4[CH-]N(c5c(-c6ccccc6)ccc6c5-c5ccccc5C6(C)C)c5ccccc54)ccc3)ccc2)n1.[Pt]. The average molecular weight is 843 g/mol. The Hall–Kier alpha value is -5.38. The Kier molecular flexibility index (Phi) is 8.20. The second-order valence-electron chi connectivity index (χ2n) is 13.5. The fourth-order valence-corrected chi connectivity index (χ4v) is 7.61. The zero-order valence-electron chi connectivity index (χ0n) is 28.8. The van der Waals surface area contributed by atoms with Crippen molar-refractivity contribution in [1.82, 2.24) is 9.78 Å². The number of ether oxygens (including phenoxy) is 1. The van der Waals surface area contributed by atoms with E-state index < -0.39 is 0 Å². The topological polar surface area (TPSA) is 33.5 Å². The van der Waals surface area contributed by atoms with Gasteiger partial charge < -0.3 is 14.5 Å². The van der Waals surface area contributed by atoms with Crippen molar-refractivity contribution < 1.29 is 25.8 Å². The molecule has 0 fully saturated rings. The minimum atomic E-state index is -0.127.